The predicted octanol–water partition coefficient (Wildman–Crippen LogP) is 0.659. The van der Waals surface area contributed by atoms with Crippen LogP contribution in [0.4, 0.5) is 0 Å². The summed E-state index contributed by atoms with van der Waals surface area (Å²) in [6.07, 6.45) is -1.09. The number of hydrogen-bond donors (Lipinski definition) is 1. The van der Waals surface area contributed by atoms with Gasteiger partial charge in [0.15, 0.2) is 0 Å². The van der Waals surface area contributed by atoms with Gasteiger partial charge in [0.1, 0.15) is 6.10 Å². The minimum Gasteiger partial charge on any atom is -0.463 e. The second-order valence-electron chi connectivity index (χ2n) is 3.80. The first kappa shape index (κ1) is 16.9. The molecule has 0 heterocycles. The van der Waals surface area contributed by atoms with E-state index < -0.39 is 23.6 Å². The second kappa shape index (κ2) is 8.05. The minimum absolute atomic E-state index is 0.0860. The van der Waals surface area contributed by atoms with Crippen LogP contribution in [0.25, 0.3) is 0 Å². The number of rotatable bonds is 8. The lowest BCUT2D eigenvalue weighted by Gasteiger charge is -2.30. The molecule has 0 saturated carbocycles. The summed E-state index contributed by atoms with van der Waals surface area (Å²) in [7, 11) is 0. The number of ether oxygens (including phenoxy) is 3. The van der Waals surface area contributed by atoms with Crippen molar-refractivity contribution in [3.63, 3.8) is 0 Å². The number of esters is 2. The Hall–Kier alpha value is -1.14. The highest BCUT2D eigenvalue weighted by Gasteiger charge is 2.43. The Morgan fingerprint density at radius 2 is 1.83 bits per heavy atom. The first-order chi connectivity index (χ1) is 8.43. The van der Waals surface area contributed by atoms with E-state index in [2.05, 4.69) is 0 Å². The molecule has 0 fully saturated rings. The minimum atomic E-state index is -1.49. The largest absolute Gasteiger partial charge is 0.463 e. The highest BCUT2D eigenvalue weighted by Crippen LogP contribution is 2.20. The summed E-state index contributed by atoms with van der Waals surface area (Å²) in [5, 5.41) is 9.15. The molecule has 0 bridgehead atoms. The van der Waals surface area contributed by atoms with Gasteiger partial charge in [-0.15, -0.1) is 0 Å². The second-order valence-corrected chi connectivity index (χ2v) is 3.80. The number of hydrogen-bond acceptors (Lipinski definition) is 6. The molecule has 0 aliphatic rings. The topological polar surface area (TPSA) is 82.1 Å². The molecule has 0 aromatic rings. The van der Waals surface area contributed by atoms with Crippen LogP contribution in [0.15, 0.2) is 0 Å². The molecule has 0 radical (unpaired) electrons. The molecule has 0 aromatic carbocycles. The number of carbonyl (C=O) groups excluding carboxylic acids is 2. The Kier molecular flexibility index (Phi) is 7.54. The number of aliphatic hydroxyl groups excluding tert-OH is 1. The zero-order valence-electron chi connectivity index (χ0n) is 11.4. The zero-order valence-corrected chi connectivity index (χ0v) is 11.4. The number of aliphatic hydroxyl groups is 1. The molecule has 1 N–H and O–H groups in total. The molecule has 0 rings (SSSR count). The van der Waals surface area contributed by atoms with E-state index in [4.69, 9.17) is 19.3 Å². The van der Waals surface area contributed by atoms with Gasteiger partial charge in [-0.05, 0) is 27.2 Å². The summed E-state index contributed by atoms with van der Waals surface area (Å²) in [6.45, 7) is 6.86. The Morgan fingerprint density at radius 3 is 2.22 bits per heavy atom. The molecule has 2 atom stereocenters. The van der Waals surface area contributed by atoms with Crippen molar-refractivity contribution in [3.05, 3.63) is 0 Å². The Bertz CT molecular complexity index is 276. The summed E-state index contributed by atoms with van der Waals surface area (Å²) in [6, 6.07) is 0. The summed E-state index contributed by atoms with van der Waals surface area (Å²) < 4.78 is 15.2. The molecule has 0 aliphatic heterocycles. The lowest BCUT2D eigenvalue weighted by molar-refractivity contribution is -0.194. The molecule has 2 unspecified atom stereocenters. The van der Waals surface area contributed by atoms with Crippen molar-refractivity contribution in [2.75, 3.05) is 19.8 Å². The molecule has 6 nitrogen and oxygen atoms in total. The van der Waals surface area contributed by atoms with Crippen LogP contribution in [-0.2, 0) is 23.8 Å². The third-order valence-electron chi connectivity index (χ3n) is 2.39. The van der Waals surface area contributed by atoms with E-state index in [-0.39, 0.29) is 19.6 Å². The van der Waals surface area contributed by atoms with Crippen LogP contribution in [0.2, 0.25) is 0 Å². The number of carbonyl (C=O) groups is 2. The Labute approximate surface area is 107 Å². The Morgan fingerprint density at radius 1 is 1.22 bits per heavy atom. The van der Waals surface area contributed by atoms with E-state index in [0.29, 0.717) is 6.61 Å². The molecule has 6 heteroatoms. The molecule has 106 valence electrons. The van der Waals surface area contributed by atoms with Gasteiger partial charge in [-0.3, -0.25) is 0 Å². The van der Waals surface area contributed by atoms with E-state index in [1.54, 1.807) is 20.8 Å². The van der Waals surface area contributed by atoms with Crippen molar-refractivity contribution >= 4 is 11.9 Å². The molecule has 0 aliphatic carbocycles. The van der Waals surface area contributed by atoms with Crippen molar-refractivity contribution in [3.8, 4) is 0 Å². The van der Waals surface area contributed by atoms with Crippen LogP contribution in [-0.4, -0.2) is 48.6 Å². The fourth-order valence-electron chi connectivity index (χ4n) is 1.26. The van der Waals surface area contributed by atoms with Gasteiger partial charge in [-0.25, -0.2) is 9.59 Å². The van der Waals surface area contributed by atoms with E-state index in [0.717, 1.165) is 0 Å². The molecule has 0 aromatic heterocycles. The van der Waals surface area contributed by atoms with Crippen LogP contribution < -0.4 is 0 Å². The Balaban J connectivity index is 4.96. The molecule has 18 heavy (non-hydrogen) atoms. The van der Waals surface area contributed by atoms with Gasteiger partial charge in [-0.2, -0.15) is 0 Å². The SMILES string of the molecule is CCOCC(CC)(OC(=O)C(C)O)C(=O)OCC. The fraction of sp³-hybridized carbons (Fsp3) is 0.833. The van der Waals surface area contributed by atoms with Gasteiger partial charge in [0.25, 0.3) is 0 Å². The van der Waals surface area contributed by atoms with Crippen LogP contribution in [0.3, 0.4) is 0 Å². The standard InChI is InChI=1S/C12H22O6/c1-5-12(8-16-6-2,11(15)17-7-3)18-10(14)9(4)13/h9,13H,5-8H2,1-4H3. The smallest absolute Gasteiger partial charge is 0.353 e. The third-order valence-corrected chi connectivity index (χ3v) is 2.39. The van der Waals surface area contributed by atoms with Gasteiger partial charge >= 0.3 is 11.9 Å². The average Bonchev–Trinajstić information content (AvgIpc) is 2.34. The first-order valence-corrected chi connectivity index (χ1v) is 6.09. The summed E-state index contributed by atoms with van der Waals surface area (Å²) in [5.41, 5.74) is -1.49. The maximum absolute atomic E-state index is 11.9. The zero-order chi connectivity index (χ0) is 14.2. The van der Waals surface area contributed by atoms with Crippen molar-refractivity contribution < 1.29 is 28.9 Å². The van der Waals surface area contributed by atoms with Gasteiger partial charge in [0, 0.05) is 6.61 Å². The van der Waals surface area contributed by atoms with Gasteiger partial charge in [0.2, 0.25) is 5.60 Å². The highest BCUT2D eigenvalue weighted by molar-refractivity contribution is 5.84. The monoisotopic (exact) mass is 262 g/mol. The molecular weight excluding hydrogens is 240 g/mol. The van der Waals surface area contributed by atoms with Crippen LogP contribution in [0.5, 0.6) is 0 Å². The van der Waals surface area contributed by atoms with Gasteiger partial charge < -0.3 is 19.3 Å². The van der Waals surface area contributed by atoms with Crippen molar-refractivity contribution in [2.24, 2.45) is 0 Å². The van der Waals surface area contributed by atoms with Crippen molar-refractivity contribution in [1.29, 1.82) is 0 Å². The van der Waals surface area contributed by atoms with E-state index in [1.165, 1.54) is 6.92 Å². The van der Waals surface area contributed by atoms with Crippen molar-refractivity contribution in [1.82, 2.24) is 0 Å². The van der Waals surface area contributed by atoms with Crippen LogP contribution in [0, 0.1) is 0 Å². The quantitative estimate of drug-likeness (QED) is 0.647. The van der Waals surface area contributed by atoms with Crippen LogP contribution >= 0.6 is 0 Å². The maximum Gasteiger partial charge on any atom is 0.353 e. The normalized spacial score (nSPS) is 15.6. The summed E-state index contributed by atoms with van der Waals surface area (Å²) in [5.74, 6) is -1.53. The van der Waals surface area contributed by atoms with Gasteiger partial charge in [-0.1, -0.05) is 6.92 Å². The predicted molar refractivity (Wildman–Crippen MR) is 63.9 cm³/mol. The lowest BCUT2D eigenvalue weighted by atomic mass is 10.0. The molecule has 0 saturated heterocycles. The molecule has 0 spiro atoms. The van der Waals surface area contributed by atoms with E-state index in [1.807, 2.05) is 0 Å². The summed E-state index contributed by atoms with van der Waals surface area (Å²) in [4.78, 5) is 23.4. The lowest BCUT2D eigenvalue weighted by Crippen LogP contribution is -2.49. The van der Waals surface area contributed by atoms with E-state index >= 15 is 0 Å². The third kappa shape index (κ3) is 4.62. The average molecular weight is 262 g/mol. The van der Waals surface area contributed by atoms with Crippen molar-refractivity contribution in [2.45, 2.75) is 45.8 Å². The fourth-order valence-corrected chi connectivity index (χ4v) is 1.26. The maximum atomic E-state index is 11.9. The molecular formula is C12H22O6. The first-order valence-electron chi connectivity index (χ1n) is 6.09. The van der Waals surface area contributed by atoms with Gasteiger partial charge in [0.05, 0.1) is 13.2 Å². The van der Waals surface area contributed by atoms with Crippen LogP contribution in [0.1, 0.15) is 34.1 Å². The highest BCUT2D eigenvalue weighted by atomic mass is 16.6. The summed E-state index contributed by atoms with van der Waals surface area (Å²) >= 11 is 0. The molecule has 0 amide bonds. The van der Waals surface area contributed by atoms with E-state index in [9.17, 15) is 9.59 Å².